The number of nitrogens with one attached hydrogen (secondary N) is 2. The monoisotopic (exact) mass is 459 g/mol. The van der Waals surface area contributed by atoms with E-state index in [0.717, 1.165) is 5.39 Å². The summed E-state index contributed by atoms with van der Waals surface area (Å²) in [4.78, 5) is 55.2. The van der Waals surface area contributed by atoms with E-state index in [1.807, 2.05) is 9.80 Å². The van der Waals surface area contributed by atoms with Crippen LogP contribution in [-0.4, -0.2) is 100 Å². The number of piperazine rings is 1. The van der Waals surface area contributed by atoms with Crippen molar-refractivity contribution in [1.29, 1.82) is 0 Å². The topological polar surface area (TPSA) is 146 Å². The van der Waals surface area contributed by atoms with Gasteiger partial charge in [-0.05, 0) is 12.1 Å². The zero-order valence-corrected chi connectivity index (χ0v) is 18.7. The molecule has 0 spiro atoms. The van der Waals surface area contributed by atoms with Crippen molar-refractivity contribution in [1.82, 2.24) is 19.7 Å². The Balaban J connectivity index is 1.71. The standard InChI is InChI=1S/C22H29N5O6/c1-25(2)19(29)13-26-7-9-27(10-8-26)21(22(32)33)16-12-23-17-11-14(3-4-15(16)17)24-18(28)5-6-20(30)31/h3-4,11-12,21,23H,5-10,13H2,1-2H3,(H,24,28)(H,30,31)(H,32,33). The molecule has 2 amide bonds. The number of hydrogen-bond donors (Lipinski definition) is 4. The smallest absolute Gasteiger partial charge is 0.325 e. The molecule has 33 heavy (non-hydrogen) atoms. The second-order valence-electron chi connectivity index (χ2n) is 8.29. The van der Waals surface area contributed by atoms with Crippen molar-refractivity contribution in [2.45, 2.75) is 18.9 Å². The van der Waals surface area contributed by atoms with Crippen LogP contribution < -0.4 is 5.32 Å². The molecule has 1 aromatic heterocycles. The van der Waals surface area contributed by atoms with Gasteiger partial charge in [0.15, 0.2) is 0 Å². The minimum absolute atomic E-state index is 0.0146. The van der Waals surface area contributed by atoms with Gasteiger partial charge in [-0.15, -0.1) is 0 Å². The van der Waals surface area contributed by atoms with Gasteiger partial charge in [0.1, 0.15) is 6.04 Å². The van der Waals surface area contributed by atoms with E-state index in [1.165, 1.54) is 0 Å². The Morgan fingerprint density at radius 3 is 2.39 bits per heavy atom. The lowest BCUT2D eigenvalue weighted by atomic mass is 10.0. The van der Waals surface area contributed by atoms with E-state index < -0.39 is 23.9 Å². The first-order chi connectivity index (χ1) is 15.7. The van der Waals surface area contributed by atoms with Crippen molar-refractivity contribution in [3.8, 4) is 0 Å². The van der Waals surface area contributed by atoms with Gasteiger partial charge in [0.05, 0.1) is 13.0 Å². The van der Waals surface area contributed by atoms with E-state index >= 15 is 0 Å². The van der Waals surface area contributed by atoms with E-state index in [4.69, 9.17) is 5.11 Å². The van der Waals surface area contributed by atoms with Crippen LogP contribution in [0.5, 0.6) is 0 Å². The summed E-state index contributed by atoms with van der Waals surface area (Å²) in [6, 6.07) is 4.26. The Kier molecular flexibility index (Phi) is 7.67. The summed E-state index contributed by atoms with van der Waals surface area (Å²) in [5, 5.41) is 22.1. The Morgan fingerprint density at radius 1 is 1.09 bits per heavy atom. The fraction of sp³-hybridized carbons (Fsp3) is 0.455. The van der Waals surface area contributed by atoms with Gasteiger partial charge in [-0.1, -0.05) is 6.07 Å². The number of carbonyl (C=O) groups is 4. The molecule has 1 aliphatic rings. The maximum Gasteiger partial charge on any atom is 0.325 e. The summed E-state index contributed by atoms with van der Waals surface area (Å²) in [5.41, 5.74) is 1.79. The summed E-state index contributed by atoms with van der Waals surface area (Å²) in [6.45, 7) is 2.53. The minimum atomic E-state index is -1.04. The molecule has 4 N–H and O–H groups in total. The fourth-order valence-corrected chi connectivity index (χ4v) is 3.89. The average Bonchev–Trinajstić information content (AvgIpc) is 3.16. The number of aromatic amines is 1. The Morgan fingerprint density at radius 2 is 1.79 bits per heavy atom. The number of benzene rings is 1. The summed E-state index contributed by atoms with van der Waals surface area (Å²) in [5.74, 6) is -2.39. The molecule has 2 heterocycles. The summed E-state index contributed by atoms with van der Waals surface area (Å²) >= 11 is 0. The van der Waals surface area contributed by atoms with Crippen molar-refractivity contribution in [2.24, 2.45) is 0 Å². The summed E-state index contributed by atoms with van der Waals surface area (Å²) in [6.07, 6.45) is 1.29. The molecule has 0 aliphatic carbocycles. The molecule has 1 atom stereocenters. The number of H-pyrrole nitrogens is 1. The molecule has 0 bridgehead atoms. The molecule has 0 radical (unpaired) electrons. The van der Waals surface area contributed by atoms with Crippen LogP contribution in [0.15, 0.2) is 24.4 Å². The van der Waals surface area contributed by atoms with Gasteiger partial charge in [-0.2, -0.15) is 0 Å². The molecule has 11 heteroatoms. The number of nitrogens with zero attached hydrogens (tertiary/aromatic N) is 3. The number of aromatic nitrogens is 1. The molecule has 1 fully saturated rings. The molecule has 0 saturated carbocycles. The van der Waals surface area contributed by atoms with Crippen molar-refractivity contribution in [3.63, 3.8) is 0 Å². The Hall–Kier alpha value is -3.44. The van der Waals surface area contributed by atoms with Gasteiger partial charge in [0.2, 0.25) is 11.8 Å². The van der Waals surface area contributed by atoms with E-state index in [1.54, 1.807) is 43.4 Å². The molecule has 3 rings (SSSR count). The van der Waals surface area contributed by atoms with Crippen LogP contribution in [0.2, 0.25) is 0 Å². The van der Waals surface area contributed by atoms with Crippen LogP contribution in [0, 0.1) is 0 Å². The lowest BCUT2D eigenvalue weighted by Crippen LogP contribution is -2.51. The van der Waals surface area contributed by atoms with Crippen molar-refractivity contribution in [3.05, 3.63) is 30.0 Å². The molecular weight excluding hydrogens is 430 g/mol. The lowest BCUT2D eigenvalue weighted by Gasteiger charge is -2.37. The van der Waals surface area contributed by atoms with Gasteiger partial charge >= 0.3 is 11.9 Å². The van der Waals surface area contributed by atoms with Crippen molar-refractivity contribution in [2.75, 3.05) is 52.1 Å². The number of carboxylic acids is 2. The van der Waals surface area contributed by atoms with Crippen LogP contribution in [0.4, 0.5) is 5.69 Å². The number of fused-ring (bicyclic) bond motifs is 1. The quantitative estimate of drug-likeness (QED) is 0.431. The van der Waals surface area contributed by atoms with E-state index in [0.29, 0.717) is 49.5 Å². The van der Waals surface area contributed by atoms with Gasteiger partial charge in [0.25, 0.3) is 0 Å². The molecule has 1 aromatic carbocycles. The fourth-order valence-electron chi connectivity index (χ4n) is 3.89. The number of rotatable bonds is 9. The lowest BCUT2D eigenvalue weighted by molar-refractivity contribution is -0.145. The molecule has 178 valence electrons. The number of aliphatic carboxylic acids is 2. The highest BCUT2D eigenvalue weighted by atomic mass is 16.4. The maximum atomic E-state index is 12.2. The zero-order valence-electron chi connectivity index (χ0n) is 18.7. The third-order valence-electron chi connectivity index (χ3n) is 5.72. The maximum absolute atomic E-state index is 12.2. The number of hydrogen-bond acceptors (Lipinski definition) is 6. The Labute approximate surface area is 190 Å². The SMILES string of the molecule is CN(C)C(=O)CN1CCN(C(C(=O)O)c2c[nH]c3cc(NC(=O)CCC(=O)O)ccc23)CC1. The van der Waals surface area contributed by atoms with E-state index in [-0.39, 0.29) is 18.7 Å². The average molecular weight is 460 g/mol. The number of likely N-dealkylation sites (N-methyl/N-ethyl adjacent to an activating group) is 1. The first kappa shape index (κ1) is 24.2. The van der Waals surface area contributed by atoms with E-state index in [2.05, 4.69) is 10.3 Å². The van der Waals surface area contributed by atoms with Gasteiger partial charge in [-0.25, -0.2) is 0 Å². The molecule has 1 aliphatic heterocycles. The second kappa shape index (κ2) is 10.5. The molecule has 2 aromatic rings. The number of anilines is 1. The largest absolute Gasteiger partial charge is 0.481 e. The second-order valence-corrected chi connectivity index (χ2v) is 8.29. The predicted molar refractivity (Wildman–Crippen MR) is 121 cm³/mol. The summed E-state index contributed by atoms with van der Waals surface area (Å²) < 4.78 is 0. The van der Waals surface area contributed by atoms with Crippen LogP contribution in [-0.2, 0) is 19.2 Å². The normalized spacial score (nSPS) is 15.8. The van der Waals surface area contributed by atoms with Crippen LogP contribution in [0.1, 0.15) is 24.4 Å². The Bertz CT molecular complexity index is 1040. The van der Waals surface area contributed by atoms with Crippen LogP contribution >= 0.6 is 0 Å². The molecular formula is C22H29N5O6. The van der Waals surface area contributed by atoms with Crippen LogP contribution in [0.25, 0.3) is 10.9 Å². The predicted octanol–water partition coefficient (Wildman–Crippen LogP) is 0.803. The molecule has 11 nitrogen and oxygen atoms in total. The first-order valence-electron chi connectivity index (χ1n) is 10.7. The van der Waals surface area contributed by atoms with Crippen LogP contribution in [0.3, 0.4) is 0 Å². The number of amides is 2. The molecule has 1 unspecified atom stereocenters. The third-order valence-corrected chi connectivity index (χ3v) is 5.72. The highest BCUT2D eigenvalue weighted by Gasteiger charge is 2.32. The third kappa shape index (κ3) is 6.08. The molecule has 1 saturated heterocycles. The highest BCUT2D eigenvalue weighted by Crippen LogP contribution is 2.31. The number of carbonyl (C=O) groups excluding carboxylic acids is 2. The minimum Gasteiger partial charge on any atom is -0.481 e. The zero-order chi connectivity index (χ0) is 24.1. The van der Waals surface area contributed by atoms with E-state index in [9.17, 15) is 24.3 Å². The first-order valence-corrected chi connectivity index (χ1v) is 10.7. The summed E-state index contributed by atoms with van der Waals surface area (Å²) in [7, 11) is 3.42. The van der Waals surface area contributed by atoms with Gasteiger partial charge in [-0.3, -0.25) is 29.0 Å². The number of carboxylic acid groups (broad SMARTS) is 2. The van der Waals surface area contributed by atoms with Gasteiger partial charge in [0, 0.05) is 75.0 Å². The van der Waals surface area contributed by atoms with Gasteiger partial charge < -0.3 is 25.4 Å². The highest BCUT2D eigenvalue weighted by molar-refractivity contribution is 5.96. The van der Waals surface area contributed by atoms with Crippen molar-refractivity contribution >= 4 is 40.3 Å². The van der Waals surface area contributed by atoms with Crippen molar-refractivity contribution < 1.29 is 29.4 Å².